The van der Waals surface area contributed by atoms with Crippen molar-refractivity contribution in [2.75, 3.05) is 42.7 Å². The normalized spacial score (nSPS) is 22.1. The second-order valence-electron chi connectivity index (χ2n) is 6.11. The minimum Gasteiger partial charge on any atom is -0.486 e. The smallest absolute Gasteiger partial charge is 0.224 e. The van der Waals surface area contributed by atoms with E-state index in [1.807, 2.05) is 7.05 Å². The average molecular weight is 292 g/mol. The van der Waals surface area contributed by atoms with Gasteiger partial charge in [0.05, 0.1) is 6.61 Å². The molecule has 3 rings (SSSR count). The van der Waals surface area contributed by atoms with Crippen molar-refractivity contribution in [1.82, 2.24) is 15.3 Å². The molecule has 1 aromatic heterocycles. The van der Waals surface area contributed by atoms with Crippen LogP contribution in [0.1, 0.15) is 20.3 Å². The minimum absolute atomic E-state index is 0.289. The van der Waals surface area contributed by atoms with Gasteiger partial charge in [0.2, 0.25) is 11.7 Å². The summed E-state index contributed by atoms with van der Waals surface area (Å²) in [5.41, 5.74) is 5.88. The van der Waals surface area contributed by atoms with Crippen LogP contribution in [0.4, 0.5) is 17.6 Å². The highest BCUT2D eigenvalue weighted by Crippen LogP contribution is 2.38. The molecular formula is C14H24N6O. The molecule has 0 aromatic carbocycles. The zero-order valence-corrected chi connectivity index (χ0v) is 12.9. The first-order chi connectivity index (χ1) is 10.1. The van der Waals surface area contributed by atoms with Gasteiger partial charge in [-0.1, -0.05) is 13.8 Å². The van der Waals surface area contributed by atoms with Crippen LogP contribution in [0.2, 0.25) is 0 Å². The molecule has 0 aliphatic carbocycles. The summed E-state index contributed by atoms with van der Waals surface area (Å²) in [6.45, 7) is 6.89. The van der Waals surface area contributed by atoms with E-state index in [4.69, 9.17) is 10.5 Å². The zero-order chi connectivity index (χ0) is 15.0. The van der Waals surface area contributed by atoms with Gasteiger partial charge in [0, 0.05) is 31.6 Å². The minimum atomic E-state index is 0.289. The predicted octanol–water partition coefficient (Wildman–Crippen LogP) is 0.686. The summed E-state index contributed by atoms with van der Waals surface area (Å²) < 4.78 is 5.94. The lowest BCUT2D eigenvalue weighted by atomic mass is 10.0. The molecule has 1 atom stereocenters. The third-order valence-corrected chi connectivity index (χ3v) is 4.26. The summed E-state index contributed by atoms with van der Waals surface area (Å²) in [4.78, 5) is 10.9. The number of hydrogen-bond acceptors (Lipinski definition) is 7. The maximum atomic E-state index is 5.94. The van der Waals surface area contributed by atoms with Crippen LogP contribution >= 0.6 is 0 Å². The van der Waals surface area contributed by atoms with Crippen molar-refractivity contribution >= 4 is 17.6 Å². The third-order valence-electron chi connectivity index (χ3n) is 4.26. The second kappa shape index (κ2) is 5.55. The zero-order valence-electron chi connectivity index (χ0n) is 12.9. The van der Waals surface area contributed by atoms with E-state index in [0.717, 1.165) is 36.9 Å². The van der Waals surface area contributed by atoms with Crippen molar-refractivity contribution in [3.05, 3.63) is 0 Å². The monoisotopic (exact) mass is 292 g/mol. The second-order valence-corrected chi connectivity index (χ2v) is 6.11. The molecule has 0 unspecified atom stereocenters. The van der Waals surface area contributed by atoms with E-state index >= 15 is 0 Å². The first-order valence-electron chi connectivity index (χ1n) is 7.57. The molecule has 7 heteroatoms. The summed E-state index contributed by atoms with van der Waals surface area (Å²) in [7, 11) is 1.97. The Hall–Kier alpha value is -1.76. The fraction of sp³-hybridized carbons (Fsp3) is 0.714. The molecule has 0 bridgehead atoms. The van der Waals surface area contributed by atoms with Gasteiger partial charge < -0.3 is 26.0 Å². The van der Waals surface area contributed by atoms with Crippen LogP contribution in [-0.4, -0.2) is 48.8 Å². The first-order valence-corrected chi connectivity index (χ1v) is 7.57. The van der Waals surface area contributed by atoms with Gasteiger partial charge in [-0.15, -0.1) is 0 Å². The molecular weight excluding hydrogens is 268 g/mol. The highest BCUT2D eigenvalue weighted by molar-refractivity contribution is 5.68. The molecule has 21 heavy (non-hydrogen) atoms. The Balaban J connectivity index is 1.89. The van der Waals surface area contributed by atoms with Crippen molar-refractivity contribution < 1.29 is 4.74 Å². The predicted molar refractivity (Wildman–Crippen MR) is 83.9 cm³/mol. The molecule has 1 aromatic rings. The van der Waals surface area contributed by atoms with E-state index in [0.29, 0.717) is 24.6 Å². The molecule has 4 N–H and O–H groups in total. The number of fused-ring (bicyclic) bond motifs is 1. The number of ether oxygens (including phenoxy) is 1. The van der Waals surface area contributed by atoms with Gasteiger partial charge in [-0.05, 0) is 13.0 Å². The summed E-state index contributed by atoms with van der Waals surface area (Å²) in [5.74, 6) is 3.07. The summed E-state index contributed by atoms with van der Waals surface area (Å²) in [6, 6.07) is 0.842. The Morgan fingerprint density at radius 3 is 2.81 bits per heavy atom. The summed E-state index contributed by atoms with van der Waals surface area (Å²) in [6.07, 6.45) is 0.951. The Labute approximate surface area is 125 Å². The number of nitrogens with one attached hydrogen (secondary N) is 2. The number of aromatic nitrogens is 2. The maximum absolute atomic E-state index is 5.94. The Bertz CT molecular complexity index is 514. The molecule has 3 heterocycles. The van der Waals surface area contributed by atoms with Gasteiger partial charge >= 0.3 is 0 Å². The highest BCUT2D eigenvalue weighted by atomic mass is 16.5. The Morgan fingerprint density at radius 1 is 1.38 bits per heavy atom. The number of rotatable bonds is 3. The molecule has 0 radical (unpaired) electrons. The van der Waals surface area contributed by atoms with Crippen LogP contribution in [0, 0.1) is 5.92 Å². The van der Waals surface area contributed by atoms with E-state index in [1.54, 1.807) is 0 Å². The third kappa shape index (κ3) is 2.70. The average Bonchev–Trinajstić information content (AvgIpc) is 2.59. The fourth-order valence-electron chi connectivity index (χ4n) is 2.77. The van der Waals surface area contributed by atoms with E-state index in [1.165, 1.54) is 0 Å². The van der Waals surface area contributed by atoms with Gasteiger partial charge in [-0.2, -0.15) is 9.97 Å². The van der Waals surface area contributed by atoms with E-state index in [-0.39, 0.29) is 5.95 Å². The molecule has 2 aliphatic heterocycles. The van der Waals surface area contributed by atoms with Crippen LogP contribution < -0.4 is 26.0 Å². The van der Waals surface area contributed by atoms with Gasteiger partial charge in [0.1, 0.15) is 0 Å². The van der Waals surface area contributed by atoms with Crippen LogP contribution in [0.15, 0.2) is 0 Å². The quantitative estimate of drug-likeness (QED) is 0.755. The number of likely N-dealkylation sites (N-methyl/N-ethyl adjacent to an activating group) is 1. The number of nitrogens with zero attached hydrogens (tertiary/aromatic N) is 3. The Morgan fingerprint density at radius 2 is 2.14 bits per heavy atom. The van der Waals surface area contributed by atoms with Gasteiger partial charge in [-0.3, -0.25) is 0 Å². The number of anilines is 3. The summed E-state index contributed by atoms with van der Waals surface area (Å²) >= 11 is 0. The fourth-order valence-corrected chi connectivity index (χ4v) is 2.77. The molecule has 0 spiro atoms. The molecule has 0 amide bonds. The summed E-state index contributed by atoms with van der Waals surface area (Å²) in [5, 5.41) is 6.73. The SMILES string of the molecule is CNC1CN(c2nc(N)nc3c2OCC[C@H](C(C)C)N3)C1. The van der Waals surface area contributed by atoms with E-state index in [2.05, 4.69) is 39.3 Å². The van der Waals surface area contributed by atoms with Gasteiger partial charge in [-0.25, -0.2) is 0 Å². The molecule has 1 saturated heterocycles. The topological polar surface area (TPSA) is 88.3 Å². The van der Waals surface area contributed by atoms with Gasteiger partial charge in [0.15, 0.2) is 11.6 Å². The number of nitrogen functional groups attached to an aromatic ring is 1. The number of nitrogens with two attached hydrogens (primary N) is 1. The van der Waals surface area contributed by atoms with Crippen molar-refractivity contribution in [2.45, 2.75) is 32.4 Å². The lowest BCUT2D eigenvalue weighted by molar-refractivity contribution is 0.298. The lowest BCUT2D eigenvalue weighted by Crippen LogP contribution is -2.57. The van der Waals surface area contributed by atoms with Crippen LogP contribution in [-0.2, 0) is 0 Å². The van der Waals surface area contributed by atoms with Crippen molar-refractivity contribution in [3.63, 3.8) is 0 Å². The van der Waals surface area contributed by atoms with Gasteiger partial charge in [0.25, 0.3) is 0 Å². The molecule has 7 nitrogen and oxygen atoms in total. The first kappa shape index (κ1) is 14.2. The molecule has 0 saturated carbocycles. The highest BCUT2D eigenvalue weighted by Gasteiger charge is 2.32. The van der Waals surface area contributed by atoms with Crippen LogP contribution in [0.25, 0.3) is 0 Å². The van der Waals surface area contributed by atoms with Crippen molar-refractivity contribution in [2.24, 2.45) is 5.92 Å². The van der Waals surface area contributed by atoms with E-state index < -0.39 is 0 Å². The molecule has 2 aliphatic rings. The largest absolute Gasteiger partial charge is 0.486 e. The van der Waals surface area contributed by atoms with Crippen molar-refractivity contribution in [1.29, 1.82) is 0 Å². The van der Waals surface area contributed by atoms with E-state index in [9.17, 15) is 0 Å². The lowest BCUT2D eigenvalue weighted by Gasteiger charge is -2.40. The van der Waals surface area contributed by atoms with Crippen molar-refractivity contribution in [3.8, 4) is 5.75 Å². The standard InChI is InChI=1S/C14H24N6O/c1-8(2)10-4-5-21-11-12(17-10)18-14(15)19-13(11)20-6-9(7-20)16-3/h8-10,16H,4-7H2,1-3H3,(H3,15,17,18,19)/t10-/m1/s1. The molecule has 1 fully saturated rings. The molecule has 116 valence electrons. The number of hydrogen-bond donors (Lipinski definition) is 3. The maximum Gasteiger partial charge on any atom is 0.224 e. The van der Waals surface area contributed by atoms with Crippen LogP contribution in [0.3, 0.4) is 0 Å². The van der Waals surface area contributed by atoms with Crippen LogP contribution in [0.5, 0.6) is 5.75 Å². The Kier molecular flexibility index (Phi) is 3.75.